The highest BCUT2D eigenvalue weighted by Crippen LogP contribution is 2.23. The molecule has 0 saturated carbocycles. The molecule has 0 aliphatic heterocycles. The number of halogens is 2. The minimum absolute atomic E-state index is 0.0150. The first-order chi connectivity index (χ1) is 9.00. The zero-order chi connectivity index (χ0) is 14.0. The normalized spacial score (nSPS) is 10.3. The molecule has 2 rings (SSSR count). The van der Waals surface area contributed by atoms with Gasteiger partial charge in [-0.15, -0.1) is 0 Å². The fourth-order valence-corrected chi connectivity index (χ4v) is 1.96. The first kappa shape index (κ1) is 13.6. The molecule has 98 valence electrons. The van der Waals surface area contributed by atoms with Crippen LogP contribution >= 0.6 is 11.6 Å². The number of anilines is 1. The molecule has 0 fully saturated rings. The van der Waals surface area contributed by atoms with Gasteiger partial charge in [0, 0.05) is 5.56 Å². The van der Waals surface area contributed by atoms with Crippen LogP contribution in [0.2, 0.25) is 5.02 Å². The first-order valence-electron chi connectivity index (χ1n) is 5.82. The summed E-state index contributed by atoms with van der Waals surface area (Å²) in [6, 6.07) is 9.93. The molecule has 2 nitrogen and oxygen atoms in total. The summed E-state index contributed by atoms with van der Waals surface area (Å²) in [7, 11) is 0. The summed E-state index contributed by atoms with van der Waals surface area (Å²) >= 11 is 5.67. The summed E-state index contributed by atoms with van der Waals surface area (Å²) in [6.07, 6.45) is 0. The van der Waals surface area contributed by atoms with E-state index in [0.717, 1.165) is 11.1 Å². The van der Waals surface area contributed by atoms with Crippen molar-refractivity contribution in [2.75, 3.05) is 5.32 Å². The van der Waals surface area contributed by atoms with Crippen molar-refractivity contribution in [3.63, 3.8) is 0 Å². The third kappa shape index (κ3) is 2.76. The lowest BCUT2D eigenvalue weighted by Gasteiger charge is -2.10. The van der Waals surface area contributed by atoms with E-state index in [1.54, 1.807) is 18.2 Å². The van der Waals surface area contributed by atoms with Crippen molar-refractivity contribution in [2.24, 2.45) is 0 Å². The van der Waals surface area contributed by atoms with Gasteiger partial charge in [-0.05, 0) is 43.2 Å². The maximum absolute atomic E-state index is 13.7. The number of benzene rings is 2. The van der Waals surface area contributed by atoms with Gasteiger partial charge >= 0.3 is 0 Å². The van der Waals surface area contributed by atoms with Crippen molar-refractivity contribution >= 4 is 23.2 Å². The Labute approximate surface area is 116 Å². The Balaban J connectivity index is 2.31. The summed E-state index contributed by atoms with van der Waals surface area (Å²) in [6.45, 7) is 3.78. The van der Waals surface area contributed by atoms with Crippen LogP contribution in [-0.2, 0) is 0 Å². The first-order valence-corrected chi connectivity index (χ1v) is 6.20. The second-order valence-electron chi connectivity index (χ2n) is 4.30. The topological polar surface area (TPSA) is 29.1 Å². The smallest absolute Gasteiger partial charge is 0.256 e. The molecule has 1 N–H and O–H groups in total. The third-order valence-electron chi connectivity index (χ3n) is 3.05. The van der Waals surface area contributed by atoms with Crippen LogP contribution in [0.3, 0.4) is 0 Å². The molecular weight excluding hydrogens is 265 g/mol. The quantitative estimate of drug-likeness (QED) is 0.869. The van der Waals surface area contributed by atoms with Crippen molar-refractivity contribution in [3.8, 4) is 0 Å². The molecule has 0 aromatic heterocycles. The van der Waals surface area contributed by atoms with Gasteiger partial charge in [-0.2, -0.15) is 0 Å². The number of hydrogen-bond donors (Lipinski definition) is 1. The predicted octanol–water partition coefficient (Wildman–Crippen LogP) is 4.35. The van der Waals surface area contributed by atoms with E-state index in [9.17, 15) is 9.18 Å². The molecule has 4 heteroatoms. The lowest BCUT2D eigenvalue weighted by atomic mass is 10.0. The van der Waals surface area contributed by atoms with E-state index in [1.165, 1.54) is 12.1 Å². The fourth-order valence-electron chi connectivity index (χ4n) is 1.79. The number of aryl methyl sites for hydroxylation is 1. The van der Waals surface area contributed by atoms with Gasteiger partial charge in [0.1, 0.15) is 0 Å². The zero-order valence-corrected chi connectivity index (χ0v) is 11.4. The number of carbonyl (C=O) groups is 1. The Bertz CT molecular complexity index is 640. The van der Waals surface area contributed by atoms with Gasteiger partial charge < -0.3 is 5.32 Å². The van der Waals surface area contributed by atoms with Crippen molar-refractivity contribution in [1.82, 2.24) is 0 Å². The van der Waals surface area contributed by atoms with Gasteiger partial charge in [-0.3, -0.25) is 4.79 Å². The van der Waals surface area contributed by atoms with E-state index in [-0.39, 0.29) is 16.6 Å². The molecule has 2 aromatic rings. The molecule has 0 aliphatic rings. The van der Waals surface area contributed by atoms with Crippen molar-refractivity contribution < 1.29 is 9.18 Å². The maximum atomic E-state index is 13.7. The molecule has 1 amide bonds. The monoisotopic (exact) mass is 277 g/mol. The van der Waals surface area contributed by atoms with E-state index in [2.05, 4.69) is 5.32 Å². The van der Waals surface area contributed by atoms with E-state index in [1.807, 2.05) is 19.9 Å². The van der Waals surface area contributed by atoms with Crippen molar-refractivity contribution in [2.45, 2.75) is 13.8 Å². The van der Waals surface area contributed by atoms with Crippen LogP contribution in [0.15, 0.2) is 36.4 Å². The van der Waals surface area contributed by atoms with Crippen LogP contribution in [0.25, 0.3) is 0 Å². The highest BCUT2D eigenvalue weighted by Gasteiger charge is 2.13. The zero-order valence-electron chi connectivity index (χ0n) is 10.6. The minimum atomic E-state index is -0.622. The fraction of sp³-hybridized carbons (Fsp3) is 0.133. The summed E-state index contributed by atoms with van der Waals surface area (Å²) < 4.78 is 13.7. The molecule has 0 aliphatic carbocycles. The Morgan fingerprint density at radius 2 is 1.84 bits per heavy atom. The number of carbonyl (C=O) groups excluding carboxylic acids is 1. The van der Waals surface area contributed by atoms with Gasteiger partial charge in [0.05, 0.1) is 10.7 Å². The van der Waals surface area contributed by atoms with Gasteiger partial charge in [-0.1, -0.05) is 29.8 Å². The van der Waals surface area contributed by atoms with Crippen LogP contribution in [-0.4, -0.2) is 5.91 Å². The maximum Gasteiger partial charge on any atom is 0.256 e. The van der Waals surface area contributed by atoms with Gasteiger partial charge in [0.25, 0.3) is 5.91 Å². The Kier molecular flexibility index (Phi) is 3.86. The summed E-state index contributed by atoms with van der Waals surface area (Å²) in [5, 5.41) is 2.52. The van der Waals surface area contributed by atoms with Crippen LogP contribution in [0.1, 0.15) is 21.5 Å². The van der Waals surface area contributed by atoms with Crippen molar-refractivity contribution in [3.05, 3.63) is 63.9 Å². The molecule has 2 aromatic carbocycles. The second kappa shape index (κ2) is 5.41. The SMILES string of the molecule is Cc1cccc(C(=O)Nc2cccc(Cl)c2F)c1C. The molecule has 0 atom stereocenters. The van der Waals surface area contributed by atoms with E-state index in [0.29, 0.717) is 5.56 Å². The lowest BCUT2D eigenvalue weighted by Crippen LogP contribution is -2.14. The number of rotatable bonds is 2. The van der Waals surface area contributed by atoms with Gasteiger partial charge in [0.2, 0.25) is 0 Å². The molecule has 19 heavy (non-hydrogen) atoms. The van der Waals surface area contributed by atoms with E-state index >= 15 is 0 Å². The molecule has 0 heterocycles. The number of amides is 1. The highest BCUT2D eigenvalue weighted by molar-refractivity contribution is 6.31. The van der Waals surface area contributed by atoms with E-state index in [4.69, 9.17) is 11.6 Å². The van der Waals surface area contributed by atoms with Crippen molar-refractivity contribution in [1.29, 1.82) is 0 Å². The summed E-state index contributed by atoms with van der Waals surface area (Å²) in [5.41, 5.74) is 2.50. The molecule has 0 saturated heterocycles. The average Bonchev–Trinajstić information content (AvgIpc) is 2.38. The Morgan fingerprint density at radius 3 is 2.58 bits per heavy atom. The summed E-state index contributed by atoms with van der Waals surface area (Å²) in [5.74, 6) is -0.967. The highest BCUT2D eigenvalue weighted by atomic mass is 35.5. The van der Waals surface area contributed by atoms with Crippen LogP contribution in [0.5, 0.6) is 0 Å². The molecule has 0 bridgehead atoms. The van der Waals surface area contributed by atoms with E-state index < -0.39 is 5.82 Å². The van der Waals surface area contributed by atoms with Gasteiger partial charge in [0.15, 0.2) is 5.82 Å². The summed E-state index contributed by atoms with van der Waals surface area (Å²) in [4.78, 5) is 12.1. The second-order valence-corrected chi connectivity index (χ2v) is 4.71. The minimum Gasteiger partial charge on any atom is -0.319 e. The number of nitrogens with one attached hydrogen (secondary N) is 1. The third-order valence-corrected chi connectivity index (χ3v) is 3.34. The van der Waals surface area contributed by atoms with Gasteiger partial charge in [-0.25, -0.2) is 4.39 Å². The molecule has 0 unspecified atom stereocenters. The van der Waals surface area contributed by atoms with Crippen LogP contribution in [0, 0.1) is 19.7 Å². The van der Waals surface area contributed by atoms with Crippen LogP contribution < -0.4 is 5.32 Å². The molecule has 0 radical (unpaired) electrons. The Hall–Kier alpha value is -1.87. The lowest BCUT2D eigenvalue weighted by molar-refractivity contribution is 0.102. The molecular formula is C15H13ClFNO. The average molecular weight is 278 g/mol. The standard InChI is InChI=1S/C15H13ClFNO/c1-9-5-3-6-11(10(9)2)15(19)18-13-8-4-7-12(16)14(13)17/h3-8H,1-2H3,(H,18,19). The predicted molar refractivity (Wildman–Crippen MR) is 75.3 cm³/mol. The number of hydrogen-bond acceptors (Lipinski definition) is 1. The largest absolute Gasteiger partial charge is 0.319 e. The van der Waals surface area contributed by atoms with Crippen LogP contribution in [0.4, 0.5) is 10.1 Å². The molecule has 0 spiro atoms. The Morgan fingerprint density at radius 1 is 1.16 bits per heavy atom.